The van der Waals surface area contributed by atoms with Crippen molar-refractivity contribution in [2.45, 2.75) is 121 Å². The number of amides is 5. The van der Waals surface area contributed by atoms with Crippen LogP contribution in [-0.4, -0.2) is 136 Å². The number of hydrogen-bond acceptors (Lipinski definition) is 15. The van der Waals surface area contributed by atoms with Gasteiger partial charge in [-0.2, -0.15) is 0 Å². The van der Waals surface area contributed by atoms with Gasteiger partial charge in [0.15, 0.2) is 0 Å². The highest BCUT2D eigenvalue weighted by molar-refractivity contribution is 9.10. The van der Waals surface area contributed by atoms with Crippen LogP contribution in [0.3, 0.4) is 0 Å². The highest BCUT2D eigenvalue weighted by Crippen LogP contribution is 2.51. The van der Waals surface area contributed by atoms with Crippen LogP contribution in [0.2, 0.25) is 0 Å². The Hall–Kier alpha value is -9.30. The van der Waals surface area contributed by atoms with E-state index in [-0.39, 0.29) is 43.2 Å². The quantitative estimate of drug-likeness (QED) is 0.0842. The predicted molar refractivity (Wildman–Crippen MR) is 353 cm³/mol. The summed E-state index contributed by atoms with van der Waals surface area (Å²) in [5, 5.41) is 32.1. The van der Waals surface area contributed by atoms with Crippen molar-refractivity contribution in [2.75, 3.05) is 36.0 Å². The minimum absolute atomic E-state index is 0. The van der Waals surface area contributed by atoms with Crippen molar-refractivity contribution in [3.8, 4) is 11.1 Å². The first-order chi connectivity index (χ1) is 44.0. The van der Waals surface area contributed by atoms with Gasteiger partial charge >= 0.3 is 25.3 Å². The van der Waals surface area contributed by atoms with E-state index in [0.29, 0.717) is 69.7 Å². The van der Waals surface area contributed by atoms with Crippen LogP contribution in [0.15, 0.2) is 151 Å². The van der Waals surface area contributed by atoms with Crippen molar-refractivity contribution >= 4 is 97.3 Å². The smallest absolute Gasteiger partial charge is 0.480 e. The normalized spacial score (nSPS) is 16.9. The van der Waals surface area contributed by atoms with Gasteiger partial charge in [0.25, 0.3) is 0 Å². The number of nitrogens with one attached hydrogen (secondary N) is 1. The van der Waals surface area contributed by atoms with Gasteiger partial charge in [-0.25, -0.2) is 23.2 Å². The number of rotatable bonds is 9. The van der Waals surface area contributed by atoms with Crippen LogP contribution in [0.25, 0.3) is 32.7 Å². The molecule has 2 saturated heterocycles. The Bertz CT molecular complexity index is 4280. The number of carbonyl (C=O) groups excluding carboxylic acids is 5. The first kappa shape index (κ1) is 67.6. The Morgan fingerprint density at radius 2 is 1.12 bits per heavy atom. The van der Waals surface area contributed by atoms with E-state index < -0.39 is 63.9 Å². The number of hydrogen-bond donors (Lipinski definition) is 5. The van der Waals surface area contributed by atoms with E-state index >= 15 is 0 Å². The number of pyridine rings is 4. The maximum atomic E-state index is 14.2. The zero-order valence-corrected chi connectivity index (χ0v) is 53.5. The molecule has 4 aromatic heterocycles. The molecule has 4 aromatic carbocycles. The molecular formula is C69H72BBrF2N10O11. The van der Waals surface area contributed by atoms with Gasteiger partial charge in [-0.3, -0.25) is 34.3 Å². The van der Waals surface area contributed by atoms with Crippen LogP contribution >= 0.6 is 15.9 Å². The Kier molecular flexibility index (Phi) is 18.6. The number of likely N-dealkylation sites (tertiary alicyclic amines) is 2. The molecule has 0 bridgehead atoms. The maximum absolute atomic E-state index is 14.2. The molecule has 0 atom stereocenters. The molecule has 6 N–H and O–H groups in total. The molecule has 2 aliphatic carbocycles. The molecule has 4 fully saturated rings. The number of aromatic nitrogens is 4. The summed E-state index contributed by atoms with van der Waals surface area (Å²) < 4.78 is 37.8. The fraction of sp³-hybridized carbons (Fsp3) is 0.333. The van der Waals surface area contributed by atoms with Crippen molar-refractivity contribution in [3.63, 3.8) is 0 Å². The number of nitrogens with two attached hydrogens (primary N) is 1. The summed E-state index contributed by atoms with van der Waals surface area (Å²) in [4.78, 5) is 98.7. The number of ether oxygens (including phenoxy) is 2. The number of anilines is 2. The van der Waals surface area contributed by atoms with Crippen LogP contribution in [0.1, 0.15) is 97.2 Å². The minimum atomic E-state index is -1.65. The summed E-state index contributed by atoms with van der Waals surface area (Å²) >= 11 is 3.70. The lowest BCUT2D eigenvalue weighted by molar-refractivity contribution is -0.146. The number of carbonyl (C=O) groups is 6. The van der Waals surface area contributed by atoms with E-state index in [0.717, 1.165) is 72.0 Å². The molecular weight excluding hydrogens is 1270 g/mol. The highest BCUT2D eigenvalue weighted by atomic mass is 79.9. The summed E-state index contributed by atoms with van der Waals surface area (Å²) in [6.45, 7) is 12.6. The number of nitrogens with zero attached hydrogens (tertiary/aromatic N) is 8. The van der Waals surface area contributed by atoms with Crippen LogP contribution in [0.5, 0.6) is 0 Å². The first-order valence-corrected chi connectivity index (χ1v) is 30.9. The molecule has 25 heteroatoms. The van der Waals surface area contributed by atoms with E-state index in [2.05, 4.69) is 36.2 Å². The Balaban J connectivity index is 0.000000153. The standard InChI is InChI=1S/C29H24FN5O2.C25H24BrN3O3.C9H15NO4.C5H5BFNO2.CH4/c30-20-11-19(12-32-14-20)25-21-6-2-1-5-18(21)13-33-23(25)15-35-24-8-4-3-7-22(24)28(26(35)36)16-34(17-28)27(37)29(31)9-10-29;1-24(2,3)32-23(31)28-14-25(15-28)18-10-6-7-11-20(18)29(22(25)30)13-19-21(26)17-9-5-4-8-16(17)12-27-19;1-8(2,3)14-7(13)10-9(4-5-9)6(11)12;7-5-1-4(6(9)10)2-8-3-5;/h1-8,11-14H,9-10,15-17,31H2;4-12H,13-15H2,1-3H3;4-5H2,1-3H3,(H,10,13)(H,11,12);1-3,9-10H;1H4. The Labute approximate surface area is 550 Å². The van der Waals surface area contributed by atoms with Crippen LogP contribution in [-0.2, 0) is 52.6 Å². The monoisotopic (exact) mass is 1340 g/mol. The molecule has 14 rings (SSSR count). The highest BCUT2D eigenvalue weighted by Gasteiger charge is 2.63. The number of benzene rings is 4. The molecule has 8 aromatic rings. The Morgan fingerprint density at radius 3 is 1.62 bits per heavy atom. The third kappa shape index (κ3) is 13.6. The average molecular weight is 1350 g/mol. The van der Waals surface area contributed by atoms with Crippen molar-refractivity contribution < 1.29 is 62.2 Å². The summed E-state index contributed by atoms with van der Waals surface area (Å²) in [6, 6.07) is 33.8. The lowest BCUT2D eigenvalue weighted by atomic mass is 9.74. The Morgan fingerprint density at radius 1 is 0.638 bits per heavy atom. The van der Waals surface area contributed by atoms with Crippen LogP contribution in [0.4, 0.5) is 29.7 Å². The van der Waals surface area contributed by atoms with Gasteiger partial charge in [-0.1, -0.05) is 92.4 Å². The van der Waals surface area contributed by atoms with Gasteiger partial charge in [0, 0.05) is 94.2 Å². The number of aliphatic carboxylic acids is 1. The van der Waals surface area contributed by atoms with Gasteiger partial charge in [0.1, 0.15) is 39.2 Å². The van der Waals surface area contributed by atoms with Crippen molar-refractivity contribution in [3.05, 3.63) is 185 Å². The molecule has 4 aliphatic heterocycles. The number of carboxylic acid groups (broad SMARTS) is 1. The van der Waals surface area contributed by atoms with Gasteiger partial charge in [0.05, 0.1) is 42.4 Å². The van der Waals surface area contributed by atoms with Crippen LogP contribution in [0, 0.1) is 11.6 Å². The summed E-state index contributed by atoms with van der Waals surface area (Å²) in [7, 11) is -1.65. The zero-order chi connectivity index (χ0) is 66.6. The van der Waals surface area contributed by atoms with Crippen LogP contribution < -0.4 is 26.3 Å². The third-order valence-electron chi connectivity index (χ3n) is 16.9. The van der Waals surface area contributed by atoms with E-state index in [1.807, 2.05) is 124 Å². The van der Waals surface area contributed by atoms with E-state index in [9.17, 15) is 37.5 Å². The topological polar surface area (TPSA) is 284 Å². The lowest BCUT2D eigenvalue weighted by Crippen LogP contribution is -2.67. The third-order valence-corrected chi connectivity index (χ3v) is 17.8. The van der Waals surface area contributed by atoms with Crippen molar-refractivity contribution in [2.24, 2.45) is 5.73 Å². The molecule has 2 saturated carbocycles. The number of carboxylic acids is 1. The van der Waals surface area contributed by atoms with E-state index in [1.165, 1.54) is 18.5 Å². The number of fused-ring (bicyclic) bond motifs is 6. The second kappa shape index (κ2) is 25.9. The van der Waals surface area contributed by atoms with Gasteiger partial charge in [-0.05, 0) is 129 Å². The fourth-order valence-corrected chi connectivity index (χ4v) is 12.5. The van der Waals surface area contributed by atoms with Gasteiger partial charge < -0.3 is 55.3 Å². The second-order valence-corrected chi connectivity index (χ2v) is 26.9. The molecule has 6 aliphatic rings. The number of para-hydroxylation sites is 2. The SMILES string of the molecule is C.CC(C)(C)OC(=O)N1CC2(C1)C(=O)N(Cc1ncc3ccccc3c1Br)c1ccccc12.CC(C)(C)OC(=O)NC1(C(=O)O)CC1.NC1(C(=O)N2CC3(C2)C(=O)N(Cc2ncc4ccccc4c2-c2cncc(F)c2)c2ccccc23)CC1.OB(O)c1cncc(F)c1. The van der Waals surface area contributed by atoms with Crippen molar-refractivity contribution in [1.29, 1.82) is 0 Å². The molecule has 21 nitrogen and oxygen atoms in total. The summed E-state index contributed by atoms with van der Waals surface area (Å²) in [5.74, 6) is -2.14. The average Bonchev–Trinajstić information content (AvgIpc) is 1.54. The van der Waals surface area contributed by atoms with Crippen molar-refractivity contribution in [1.82, 2.24) is 35.1 Å². The predicted octanol–water partition coefficient (Wildman–Crippen LogP) is 9.25. The second-order valence-electron chi connectivity index (χ2n) is 26.1. The van der Waals surface area contributed by atoms with E-state index in [1.54, 1.807) is 52.8 Å². The molecule has 8 heterocycles. The number of halogens is 3. The molecule has 0 radical (unpaired) electrons. The minimum Gasteiger partial charge on any atom is -0.480 e. The molecule has 2 spiro atoms. The van der Waals surface area contributed by atoms with Gasteiger partial charge in [-0.15, -0.1) is 0 Å². The fourth-order valence-electron chi connectivity index (χ4n) is 12.0. The zero-order valence-electron chi connectivity index (χ0n) is 51.9. The maximum Gasteiger partial charge on any atom is 0.490 e. The molecule has 5 amide bonds. The first-order valence-electron chi connectivity index (χ1n) is 30.1. The van der Waals surface area contributed by atoms with Gasteiger partial charge in [0.2, 0.25) is 17.7 Å². The molecule has 94 heavy (non-hydrogen) atoms. The summed E-state index contributed by atoms with van der Waals surface area (Å²) in [5.41, 5.74) is 8.07. The molecule has 488 valence electrons. The van der Waals surface area contributed by atoms with E-state index in [4.69, 9.17) is 35.3 Å². The number of alkyl carbamates (subject to hydrolysis) is 1. The lowest BCUT2D eigenvalue weighted by Gasteiger charge is -2.47. The summed E-state index contributed by atoms with van der Waals surface area (Å²) in [6.07, 6.45) is 9.87. The molecule has 0 unspecified atom stereocenters. The largest absolute Gasteiger partial charge is 0.490 e.